The van der Waals surface area contributed by atoms with Crippen molar-refractivity contribution in [1.82, 2.24) is 19.5 Å². The predicted molar refractivity (Wildman–Crippen MR) is 86.7 cm³/mol. The molecule has 0 unspecified atom stereocenters. The van der Waals surface area contributed by atoms with Gasteiger partial charge in [-0.3, -0.25) is 0 Å². The molecule has 1 N–H and O–H groups in total. The van der Waals surface area contributed by atoms with E-state index in [1.807, 2.05) is 17.6 Å². The van der Waals surface area contributed by atoms with Crippen molar-refractivity contribution in [1.29, 1.82) is 0 Å². The number of nitrogens with zero attached hydrogens (tertiary/aromatic N) is 3. The van der Waals surface area contributed by atoms with Crippen LogP contribution in [0.5, 0.6) is 0 Å². The van der Waals surface area contributed by atoms with E-state index in [1.165, 1.54) is 11.3 Å². The molecule has 0 saturated heterocycles. The number of hydrogen-bond acceptors (Lipinski definition) is 5. The van der Waals surface area contributed by atoms with Crippen molar-refractivity contribution >= 4 is 21.4 Å². The van der Waals surface area contributed by atoms with Crippen LogP contribution in [0.3, 0.4) is 0 Å². The third-order valence-corrected chi connectivity index (χ3v) is 6.75. The van der Waals surface area contributed by atoms with Crippen LogP contribution < -0.4 is 4.72 Å². The Kier molecular flexibility index (Phi) is 4.90. The third-order valence-electron chi connectivity index (χ3n) is 3.92. The van der Waals surface area contributed by atoms with E-state index in [1.54, 1.807) is 10.9 Å². The SMILES string of the molecule is O=S(=O)(NCCc1csc(-n2cccn2)n1)C1CCCCC1. The van der Waals surface area contributed by atoms with Crippen LogP contribution in [0.15, 0.2) is 23.8 Å². The molecule has 2 aromatic rings. The lowest BCUT2D eigenvalue weighted by molar-refractivity contribution is 0.477. The fraction of sp³-hybridized carbons (Fsp3) is 0.571. The Morgan fingerprint density at radius 1 is 1.32 bits per heavy atom. The van der Waals surface area contributed by atoms with Crippen molar-refractivity contribution in [3.63, 3.8) is 0 Å². The molecule has 1 aliphatic carbocycles. The normalized spacial score (nSPS) is 16.9. The van der Waals surface area contributed by atoms with Crippen molar-refractivity contribution in [2.75, 3.05) is 6.54 Å². The summed E-state index contributed by atoms with van der Waals surface area (Å²) >= 11 is 1.51. The fourth-order valence-electron chi connectivity index (χ4n) is 2.71. The van der Waals surface area contributed by atoms with E-state index in [-0.39, 0.29) is 5.25 Å². The summed E-state index contributed by atoms with van der Waals surface area (Å²) in [6.45, 7) is 0.404. The molecule has 0 amide bonds. The first-order chi connectivity index (χ1) is 10.6. The van der Waals surface area contributed by atoms with E-state index in [2.05, 4.69) is 14.8 Å². The molecule has 8 heteroatoms. The Morgan fingerprint density at radius 3 is 2.86 bits per heavy atom. The van der Waals surface area contributed by atoms with Gasteiger partial charge in [0, 0.05) is 30.7 Å². The maximum Gasteiger partial charge on any atom is 0.214 e. The summed E-state index contributed by atoms with van der Waals surface area (Å²) in [7, 11) is -3.18. The van der Waals surface area contributed by atoms with Crippen LogP contribution in [0.4, 0.5) is 0 Å². The van der Waals surface area contributed by atoms with Crippen LogP contribution >= 0.6 is 11.3 Å². The minimum Gasteiger partial charge on any atom is -0.223 e. The highest BCUT2D eigenvalue weighted by Crippen LogP contribution is 2.23. The summed E-state index contributed by atoms with van der Waals surface area (Å²) in [4.78, 5) is 4.47. The molecular formula is C14H20N4O2S2. The highest BCUT2D eigenvalue weighted by Gasteiger charge is 2.26. The Bertz CT molecular complexity index is 688. The Labute approximate surface area is 134 Å². The minimum atomic E-state index is -3.18. The molecule has 0 radical (unpaired) electrons. The highest BCUT2D eigenvalue weighted by molar-refractivity contribution is 7.90. The van der Waals surface area contributed by atoms with Gasteiger partial charge in [0.2, 0.25) is 15.2 Å². The van der Waals surface area contributed by atoms with Gasteiger partial charge in [0.1, 0.15) is 0 Å². The molecule has 120 valence electrons. The van der Waals surface area contributed by atoms with Gasteiger partial charge in [-0.1, -0.05) is 19.3 Å². The predicted octanol–water partition coefficient (Wildman–Crippen LogP) is 2.12. The van der Waals surface area contributed by atoms with Gasteiger partial charge < -0.3 is 0 Å². The van der Waals surface area contributed by atoms with Crippen LogP contribution in [0.1, 0.15) is 37.8 Å². The number of nitrogens with one attached hydrogen (secondary N) is 1. The number of rotatable bonds is 6. The zero-order chi connectivity index (χ0) is 15.4. The topological polar surface area (TPSA) is 76.9 Å². The van der Waals surface area contributed by atoms with Crippen molar-refractivity contribution in [2.24, 2.45) is 0 Å². The van der Waals surface area contributed by atoms with Crippen LogP contribution in [0, 0.1) is 0 Å². The standard InChI is InChI=1S/C14H20N4O2S2/c19-22(20,13-5-2-1-3-6-13)16-9-7-12-11-21-14(17-12)18-10-4-8-15-18/h4,8,10-11,13,16H,1-3,5-7,9H2. The lowest BCUT2D eigenvalue weighted by atomic mass is 10.0. The molecule has 2 heterocycles. The van der Waals surface area contributed by atoms with E-state index in [9.17, 15) is 8.42 Å². The molecule has 3 rings (SSSR count). The summed E-state index contributed by atoms with van der Waals surface area (Å²) in [5.41, 5.74) is 0.891. The monoisotopic (exact) mass is 340 g/mol. The molecule has 0 spiro atoms. The van der Waals surface area contributed by atoms with Gasteiger partial charge in [0.05, 0.1) is 10.9 Å². The first-order valence-electron chi connectivity index (χ1n) is 7.58. The quantitative estimate of drug-likeness (QED) is 0.874. The smallest absolute Gasteiger partial charge is 0.214 e. The van der Waals surface area contributed by atoms with Crippen molar-refractivity contribution in [3.8, 4) is 5.13 Å². The third kappa shape index (κ3) is 3.74. The number of sulfonamides is 1. The Hall–Kier alpha value is -1.25. The first kappa shape index (κ1) is 15.6. The van der Waals surface area contributed by atoms with E-state index in [4.69, 9.17) is 0 Å². The lowest BCUT2D eigenvalue weighted by Gasteiger charge is -2.21. The summed E-state index contributed by atoms with van der Waals surface area (Å²) in [5.74, 6) is 0. The number of aromatic nitrogens is 3. The molecule has 1 fully saturated rings. The molecule has 0 atom stereocenters. The van der Waals surface area contributed by atoms with E-state index in [0.717, 1.165) is 42.9 Å². The zero-order valence-corrected chi connectivity index (χ0v) is 13.9. The van der Waals surface area contributed by atoms with Gasteiger partial charge in [0.15, 0.2) is 0 Å². The highest BCUT2D eigenvalue weighted by atomic mass is 32.2. The van der Waals surface area contributed by atoms with Gasteiger partial charge in [-0.05, 0) is 18.9 Å². The molecular weight excluding hydrogens is 320 g/mol. The van der Waals surface area contributed by atoms with Crippen LogP contribution in [-0.4, -0.2) is 35.0 Å². The average molecular weight is 340 g/mol. The molecule has 2 aromatic heterocycles. The average Bonchev–Trinajstić information content (AvgIpc) is 3.19. The minimum absolute atomic E-state index is 0.212. The molecule has 0 aromatic carbocycles. The van der Waals surface area contributed by atoms with Crippen LogP contribution in [0.25, 0.3) is 5.13 Å². The van der Waals surface area contributed by atoms with E-state index in [0.29, 0.717) is 13.0 Å². The Balaban J connectivity index is 1.52. The van der Waals surface area contributed by atoms with Gasteiger partial charge in [-0.25, -0.2) is 22.8 Å². The molecule has 0 bridgehead atoms. The van der Waals surface area contributed by atoms with Gasteiger partial charge in [-0.15, -0.1) is 11.3 Å². The first-order valence-corrected chi connectivity index (χ1v) is 10.0. The van der Waals surface area contributed by atoms with Gasteiger partial charge in [-0.2, -0.15) is 5.10 Å². The second-order valence-corrected chi connectivity index (χ2v) is 8.40. The number of hydrogen-bond donors (Lipinski definition) is 1. The van der Waals surface area contributed by atoms with E-state index < -0.39 is 10.0 Å². The number of thiazole rings is 1. The molecule has 1 saturated carbocycles. The molecule has 1 aliphatic rings. The maximum atomic E-state index is 12.2. The maximum absolute atomic E-state index is 12.2. The van der Waals surface area contributed by atoms with Crippen LogP contribution in [0.2, 0.25) is 0 Å². The summed E-state index contributed by atoms with van der Waals surface area (Å²) in [6.07, 6.45) is 8.92. The van der Waals surface area contributed by atoms with Crippen molar-refractivity contribution in [2.45, 2.75) is 43.8 Å². The summed E-state index contributed by atoms with van der Waals surface area (Å²) in [5, 5.41) is 6.67. The van der Waals surface area contributed by atoms with Gasteiger partial charge >= 0.3 is 0 Å². The molecule has 6 nitrogen and oxygen atoms in total. The Morgan fingerprint density at radius 2 is 2.14 bits per heavy atom. The molecule has 22 heavy (non-hydrogen) atoms. The fourth-order valence-corrected chi connectivity index (χ4v) is 5.09. The van der Waals surface area contributed by atoms with Crippen molar-refractivity contribution < 1.29 is 8.42 Å². The van der Waals surface area contributed by atoms with Gasteiger partial charge in [0.25, 0.3) is 0 Å². The summed E-state index contributed by atoms with van der Waals surface area (Å²) < 4.78 is 28.9. The second kappa shape index (κ2) is 6.89. The van der Waals surface area contributed by atoms with Crippen LogP contribution in [-0.2, 0) is 16.4 Å². The van der Waals surface area contributed by atoms with Crippen molar-refractivity contribution in [3.05, 3.63) is 29.5 Å². The molecule has 0 aliphatic heterocycles. The summed E-state index contributed by atoms with van der Waals surface area (Å²) in [6, 6.07) is 1.85. The lowest BCUT2D eigenvalue weighted by Crippen LogP contribution is -2.36. The second-order valence-electron chi connectivity index (χ2n) is 5.52. The van der Waals surface area contributed by atoms with E-state index >= 15 is 0 Å². The zero-order valence-electron chi connectivity index (χ0n) is 12.3. The largest absolute Gasteiger partial charge is 0.223 e.